The van der Waals surface area contributed by atoms with Gasteiger partial charge >= 0.3 is 0 Å². The number of rotatable bonds is 7. The Morgan fingerprint density at radius 1 is 1.47 bits per heavy atom. The van der Waals surface area contributed by atoms with Crippen LogP contribution in [0.25, 0.3) is 5.78 Å². The molecule has 2 aromatic heterocycles. The standard InChI is InChI=1S/C11H16ClN5OS/c1-8-9(12)16-11-14-7-15-17(11)10(8)13-3-6-19-5-2-4-18/h7,13,18H,2-6H2,1H3. The molecule has 0 aliphatic rings. The molecular weight excluding hydrogens is 286 g/mol. The molecule has 2 heterocycles. The third-order valence-electron chi connectivity index (χ3n) is 2.59. The number of hydrogen-bond donors (Lipinski definition) is 2. The first-order chi connectivity index (χ1) is 9.24. The lowest BCUT2D eigenvalue weighted by Crippen LogP contribution is -2.11. The molecule has 0 radical (unpaired) electrons. The van der Waals surface area contributed by atoms with Crippen molar-refractivity contribution in [2.45, 2.75) is 13.3 Å². The van der Waals surface area contributed by atoms with Crippen LogP contribution in [0.3, 0.4) is 0 Å². The number of aliphatic hydroxyl groups is 1. The van der Waals surface area contributed by atoms with E-state index in [2.05, 4.69) is 20.4 Å². The average Bonchev–Trinajstić information content (AvgIpc) is 2.85. The van der Waals surface area contributed by atoms with E-state index >= 15 is 0 Å². The van der Waals surface area contributed by atoms with Gasteiger partial charge in [-0.05, 0) is 19.1 Å². The van der Waals surface area contributed by atoms with Crippen LogP contribution >= 0.6 is 23.4 Å². The Balaban J connectivity index is 1.99. The Morgan fingerprint density at radius 3 is 3.11 bits per heavy atom. The van der Waals surface area contributed by atoms with Gasteiger partial charge in [0, 0.05) is 24.5 Å². The predicted molar refractivity (Wildman–Crippen MR) is 78.0 cm³/mol. The topological polar surface area (TPSA) is 75.3 Å². The molecule has 2 rings (SSSR count). The largest absolute Gasteiger partial charge is 0.396 e. The number of aliphatic hydroxyl groups excluding tert-OH is 1. The molecule has 19 heavy (non-hydrogen) atoms. The molecule has 104 valence electrons. The molecule has 0 saturated carbocycles. The second-order valence-corrected chi connectivity index (χ2v) is 5.55. The Hall–Kier alpha value is -1.05. The van der Waals surface area contributed by atoms with Crippen LogP contribution in [0, 0.1) is 6.92 Å². The summed E-state index contributed by atoms with van der Waals surface area (Å²) >= 11 is 7.86. The lowest BCUT2D eigenvalue weighted by molar-refractivity contribution is 0.296. The number of halogens is 1. The van der Waals surface area contributed by atoms with Crippen molar-refractivity contribution in [2.24, 2.45) is 0 Å². The molecule has 0 unspecified atom stereocenters. The summed E-state index contributed by atoms with van der Waals surface area (Å²) in [5.74, 6) is 3.24. The van der Waals surface area contributed by atoms with Gasteiger partial charge in [0.25, 0.3) is 5.78 Å². The van der Waals surface area contributed by atoms with Gasteiger partial charge in [0.1, 0.15) is 17.3 Å². The first-order valence-corrected chi connectivity index (χ1v) is 7.55. The van der Waals surface area contributed by atoms with Crippen LogP contribution in [0.5, 0.6) is 0 Å². The van der Waals surface area contributed by atoms with E-state index in [-0.39, 0.29) is 6.61 Å². The summed E-state index contributed by atoms with van der Waals surface area (Å²) in [5, 5.41) is 16.6. The van der Waals surface area contributed by atoms with Crippen LogP contribution in [0.15, 0.2) is 6.33 Å². The van der Waals surface area contributed by atoms with Crippen molar-refractivity contribution in [3.8, 4) is 0 Å². The van der Waals surface area contributed by atoms with Crippen molar-refractivity contribution in [1.82, 2.24) is 19.6 Å². The first kappa shape index (κ1) is 14.4. The second-order valence-electron chi connectivity index (χ2n) is 3.96. The second kappa shape index (κ2) is 6.93. The van der Waals surface area contributed by atoms with Crippen molar-refractivity contribution in [2.75, 3.05) is 30.0 Å². The van der Waals surface area contributed by atoms with Gasteiger partial charge in [0.05, 0.1) is 0 Å². The highest BCUT2D eigenvalue weighted by atomic mass is 35.5. The summed E-state index contributed by atoms with van der Waals surface area (Å²) in [5.41, 5.74) is 0.861. The number of anilines is 1. The monoisotopic (exact) mass is 301 g/mol. The summed E-state index contributed by atoms with van der Waals surface area (Å²) in [4.78, 5) is 8.18. The molecule has 0 spiro atoms. The minimum Gasteiger partial charge on any atom is -0.396 e. The van der Waals surface area contributed by atoms with Gasteiger partial charge in [-0.25, -0.2) is 0 Å². The van der Waals surface area contributed by atoms with Gasteiger partial charge in [-0.1, -0.05) is 11.6 Å². The van der Waals surface area contributed by atoms with Gasteiger partial charge in [0.2, 0.25) is 0 Å². The summed E-state index contributed by atoms with van der Waals surface area (Å²) in [6, 6.07) is 0. The average molecular weight is 302 g/mol. The van der Waals surface area contributed by atoms with Crippen LogP contribution < -0.4 is 5.32 Å². The maximum atomic E-state index is 8.69. The highest BCUT2D eigenvalue weighted by Crippen LogP contribution is 2.21. The molecule has 2 aromatic rings. The highest BCUT2D eigenvalue weighted by Gasteiger charge is 2.11. The van der Waals surface area contributed by atoms with Crippen molar-refractivity contribution >= 4 is 35.0 Å². The third-order valence-corrected chi connectivity index (χ3v) is 4.03. The first-order valence-electron chi connectivity index (χ1n) is 6.02. The third kappa shape index (κ3) is 3.49. The van der Waals surface area contributed by atoms with E-state index in [4.69, 9.17) is 16.7 Å². The molecule has 0 fully saturated rings. The molecule has 0 aliphatic carbocycles. The molecule has 8 heteroatoms. The Kier molecular flexibility index (Phi) is 5.24. The smallest absolute Gasteiger partial charge is 0.255 e. The maximum absolute atomic E-state index is 8.69. The predicted octanol–water partition coefficient (Wildman–Crippen LogP) is 1.61. The van der Waals surface area contributed by atoms with Crippen LogP contribution in [0.2, 0.25) is 5.15 Å². The molecule has 0 saturated heterocycles. The van der Waals surface area contributed by atoms with E-state index in [9.17, 15) is 0 Å². The van der Waals surface area contributed by atoms with Crippen molar-refractivity contribution in [3.63, 3.8) is 0 Å². The number of fused-ring (bicyclic) bond motifs is 1. The lowest BCUT2D eigenvalue weighted by Gasteiger charge is -2.11. The highest BCUT2D eigenvalue weighted by molar-refractivity contribution is 7.99. The summed E-state index contributed by atoms with van der Waals surface area (Å²) < 4.78 is 1.65. The van der Waals surface area contributed by atoms with Crippen molar-refractivity contribution < 1.29 is 5.11 Å². The maximum Gasteiger partial charge on any atom is 0.255 e. The fourth-order valence-corrected chi connectivity index (χ4v) is 2.56. The van der Waals surface area contributed by atoms with E-state index in [1.165, 1.54) is 6.33 Å². The SMILES string of the molecule is Cc1c(Cl)nc2ncnn2c1NCCSCCCO. The Labute approximate surface area is 120 Å². The fraction of sp³-hybridized carbons (Fsp3) is 0.545. The molecule has 0 aromatic carbocycles. The normalized spacial score (nSPS) is 11.1. The van der Waals surface area contributed by atoms with Crippen LogP contribution in [0.4, 0.5) is 5.82 Å². The molecule has 0 aliphatic heterocycles. The van der Waals surface area contributed by atoms with E-state index in [1.807, 2.05) is 6.92 Å². The van der Waals surface area contributed by atoms with Crippen LogP contribution in [0.1, 0.15) is 12.0 Å². The van der Waals surface area contributed by atoms with E-state index < -0.39 is 0 Å². The minimum absolute atomic E-state index is 0.249. The van der Waals surface area contributed by atoms with Crippen LogP contribution in [-0.2, 0) is 0 Å². The molecule has 0 atom stereocenters. The van der Waals surface area contributed by atoms with Gasteiger partial charge in [0.15, 0.2) is 0 Å². The number of hydrogen-bond acceptors (Lipinski definition) is 6. The number of aromatic nitrogens is 4. The van der Waals surface area contributed by atoms with Gasteiger partial charge in [-0.15, -0.1) is 0 Å². The summed E-state index contributed by atoms with van der Waals surface area (Å²) in [7, 11) is 0. The molecular formula is C11H16ClN5OS. The zero-order chi connectivity index (χ0) is 13.7. The Bertz CT molecular complexity index is 547. The number of nitrogens with one attached hydrogen (secondary N) is 1. The summed E-state index contributed by atoms with van der Waals surface area (Å²) in [6.07, 6.45) is 2.29. The van der Waals surface area contributed by atoms with E-state index in [0.29, 0.717) is 10.9 Å². The minimum atomic E-state index is 0.249. The Morgan fingerprint density at radius 2 is 2.32 bits per heavy atom. The van der Waals surface area contributed by atoms with E-state index in [1.54, 1.807) is 16.3 Å². The quantitative estimate of drug-likeness (QED) is 0.598. The van der Waals surface area contributed by atoms with Gasteiger partial charge in [-0.2, -0.15) is 31.3 Å². The zero-order valence-corrected chi connectivity index (χ0v) is 12.2. The number of thioether (sulfide) groups is 1. The van der Waals surface area contributed by atoms with Crippen molar-refractivity contribution in [3.05, 3.63) is 17.0 Å². The molecule has 0 amide bonds. The van der Waals surface area contributed by atoms with Gasteiger partial charge < -0.3 is 10.4 Å². The van der Waals surface area contributed by atoms with E-state index in [0.717, 1.165) is 35.9 Å². The summed E-state index contributed by atoms with van der Waals surface area (Å²) in [6.45, 7) is 2.95. The zero-order valence-electron chi connectivity index (χ0n) is 10.6. The van der Waals surface area contributed by atoms with Gasteiger partial charge in [-0.3, -0.25) is 0 Å². The lowest BCUT2D eigenvalue weighted by atomic mass is 10.3. The molecule has 0 bridgehead atoms. The fourth-order valence-electron chi connectivity index (χ4n) is 1.62. The van der Waals surface area contributed by atoms with Crippen molar-refractivity contribution in [1.29, 1.82) is 0 Å². The number of nitrogens with zero attached hydrogens (tertiary/aromatic N) is 4. The molecule has 6 nitrogen and oxygen atoms in total. The molecule has 2 N–H and O–H groups in total. The van der Waals surface area contributed by atoms with Crippen LogP contribution in [-0.4, -0.2) is 49.3 Å².